The summed E-state index contributed by atoms with van der Waals surface area (Å²) in [5.74, 6) is 2.67. The van der Waals surface area contributed by atoms with Crippen LogP contribution in [0.4, 0.5) is 0 Å². The monoisotopic (exact) mass is 264 g/mol. The molecule has 4 nitrogen and oxygen atoms in total. The maximum atomic E-state index is 6.40. The standard InChI is InChI=1S/C15H28N4/c1-3-5-12-6-8-13(9-7-12)14(16)10-15-17-11-18-19(15)4-2/h11-14H,3-10,16H2,1-2H3. The largest absolute Gasteiger partial charge is 0.327 e. The van der Waals surface area contributed by atoms with E-state index in [4.69, 9.17) is 5.73 Å². The van der Waals surface area contributed by atoms with E-state index >= 15 is 0 Å². The Kier molecular flexibility index (Phi) is 5.37. The molecule has 1 aliphatic carbocycles. The molecule has 1 unspecified atom stereocenters. The number of nitrogens with zero attached hydrogens (tertiary/aromatic N) is 3. The minimum atomic E-state index is 0.247. The van der Waals surface area contributed by atoms with E-state index in [1.54, 1.807) is 6.33 Å². The van der Waals surface area contributed by atoms with Crippen LogP contribution < -0.4 is 5.73 Å². The summed E-state index contributed by atoms with van der Waals surface area (Å²) in [7, 11) is 0. The molecule has 0 bridgehead atoms. The Balaban J connectivity index is 1.83. The highest BCUT2D eigenvalue weighted by Crippen LogP contribution is 2.33. The zero-order valence-corrected chi connectivity index (χ0v) is 12.4. The molecule has 1 fully saturated rings. The van der Waals surface area contributed by atoms with E-state index in [2.05, 4.69) is 23.9 Å². The third-order valence-electron chi connectivity index (χ3n) is 4.61. The molecule has 0 saturated heterocycles. The van der Waals surface area contributed by atoms with Gasteiger partial charge in [0.25, 0.3) is 0 Å². The van der Waals surface area contributed by atoms with Gasteiger partial charge in [-0.15, -0.1) is 0 Å². The predicted octanol–water partition coefficient (Wildman–Crippen LogP) is 2.77. The molecule has 2 N–H and O–H groups in total. The Morgan fingerprint density at radius 1 is 1.32 bits per heavy atom. The van der Waals surface area contributed by atoms with Crippen molar-refractivity contribution in [1.82, 2.24) is 14.8 Å². The van der Waals surface area contributed by atoms with Crippen molar-refractivity contribution in [2.75, 3.05) is 0 Å². The van der Waals surface area contributed by atoms with Crippen molar-refractivity contribution in [2.24, 2.45) is 17.6 Å². The number of hydrogen-bond donors (Lipinski definition) is 1. The van der Waals surface area contributed by atoms with Crippen molar-refractivity contribution in [3.05, 3.63) is 12.2 Å². The predicted molar refractivity (Wildman–Crippen MR) is 77.7 cm³/mol. The SMILES string of the molecule is CCCC1CCC(C(N)Cc2ncnn2CC)CC1. The molecular formula is C15H28N4. The van der Waals surface area contributed by atoms with Crippen LogP contribution in [0.3, 0.4) is 0 Å². The van der Waals surface area contributed by atoms with Gasteiger partial charge in [-0.05, 0) is 31.6 Å². The molecule has 1 aromatic rings. The van der Waals surface area contributed by atoms with Crippen LogP contribution >= 0.6 is 0 Å². The lowest BCUT2D eigenvalue weighted by Gasteiger charge is -2.32. The maximum absolute atomic E-state index is 6.40. The van der Waals surface area contributed by atoms with Crippen LogP contribution in [-0.2, 0) is 13.0 Å². The van der Waals surface area contributed by atoms with Crippen molar-refractivity contribution >= 4 is 0 Å². The van der Waals surface area contributed by atoms with Gasteiger partial charge < -0.3 is 5.73 Å². The fourth-order valence-electron chi connectivity index (χ4n) is 3.40. The van der Waals surface area contributed by atoms with Gasteiger partial charge in [0, 0.05) is 19.0 Å². The van der Waals surface area contributed by atoms with Crippen molar-refractivity contribution in [2.45, 2.75) is 71.4 Å². The summed E-state index contributed by atoms with van der Waals surface area (Å²) < 4.78 is 1.96. The van der Waals surface area contributed by atoms with Crippen molar-refractivity contribution in [1.29, 1.82) is 0 Å². The first-order chi connectivity index (χ1) is 9.24. The van der Waals surface area contributed by atoms with E-state index in [1.807, 2.05) is 4.68 Å². The van der Waals surface area contributed by atoms with E-state index in [0.717, 1.165) is 24.7 Å². The summed E-state index contributed by atoms with van der Waals surface area (Å²) >= 11 is 0. The van der Waals surface area contributed by atoms with Crippen LogP contribution in [0.15, 0.2) is 6.33 Å². The third kappa shape index (κ3) is 3.78. The van der Waals surface area contributed by atoms with Crippen LogP contribution in [0.25, 0.3) is 0 Å². The Morgan fingerprint density at radius 3 is 2.68 bits per heavy atom. The van der Waals surface area contributed by atoms with E-state index in [-0.39, 0.29) is 6.04 Å². The molecule has 2 rings (SSSR count). The molecule has 1 aromatic heterocycles. The summed E-state index contributed by atoms with van der Waals surface area (Å²) in [6, 6.07) is 0.247. The smallest absolute Gasteiger partial charge is 0.138 e. The lowest BCUT2D eigenvalue weighted by molar-refractivity contribution is 0.230. The average molecular weight is 264 g/mol. The number of hydrogen-bond acceptors (Lipinski definition) is 3. The van der Waals surface area contributed by atoms with Gasteiger partial charge in [0.15, 0.2) is 0 Å². The van der Waals surface area contributed by atoms with Crippen molar-refractivity contribution < 1.29 is 0 Å². The van der Waals surface area contributed by atoms with E-state index in [1.165, 1.54) is 38.5 Å². The van der Waals surface area contributed by atoms with Crippen LogP contribution in [0.2, 0.25) is 0 Å². The Bertz CT molecular complexity index is 366. The zero-order chi connectivity index (χ0) is 13.7. The summed E-state index contributed by atoms with van der Waals surface area (Å²) in [5.41, 5.74) is 6.40. The number of aryl methyl sites for hydroxylation is 1. The number of nitrogens with two attached hydrogens (primary N) is 1. The lowest BCUT2D eigenvalue weighted by Crippen LogP contribution is -2.35. The summed E-state index contributed by atoms with van der Waals surface area (Å²) in [6.07, 6.45) is 10.6. The number of aromatic nitrogens is 3. The van der Waals surface area contributed by atoms with Crippen LogP contribution in [-0.4, -0.2) is 20.8 Å². The van der Waals surface area contributed by atoms with Gasteiger partial charge in [0.1, 0.15) is 12.2 Å². The molecule has 1 saturated carbocycles. The van der Waals surface area contributed by atoms with Gasteiger partial charge in [0.05, 0.1) is 0 Å². The lowest BCUT2D eigenvalue weighted by atomic mass is 9.76. The highest BCUT2D eigenvalue weighted by Gasteiger charge is 2.26. The Labute approximate surface area is 116 Å². The van der Waals surface area contributed by atoms with Crippen molar-refractivity contribution in [3.8, 4) is 0 Å². The minimum Gasteiger partial charge on any atom is -0.327 e. The molecule has 4 heteroatoms. The fourth-order valence-corrected chi connectivity index (χ4v) is 3.40. The molecule has 0 radical (unpaired) electrons. The van der Waals surface area contributed by atoms with E-state index in [0.29, 0.717) is 5.92 Å². The normalized spacial score (nSPS) is 25.4. The van der Waals surface area contributed by atoms with Gasteiger partial charge in [-0.1, -0.05) is 32.6 Å². The first-order valence-electron chi connectivity index (χ1n) is 7.86. The van der Waals surface area contributed by atoms with Crippen LogP contribution in [0, 0.1) is 11.8 Å². The van der Waals surface area contributed by atoms with Crippen LogP contribution in [0.1, 0.15) is 58.2 Å². The fraction of sp³-hybridized carbons (Fsp3) is 0.867. The second-order valence-electron chi connectivity index (χ2n) is 5.93. The van der Waals surface area contributed by atoms with Gasteiger partial charge in [-0.3, -0.25) is 4.68 Å². The topological polar surface area (TPSA) is 56.7 Å². The van der Waals surface area contributed by atoms with Crippen molar-refractivity contribution in [3.63, 3.8) is 0 Å². The summed E-state index contributed by atoms with van der Waals surface area (Å²) in [4.78, 5) is 4.34. The molecule has 0 aromatic carbocycles. The minimum absolute atomic E-state index is 0.247. The quantitative estimate of drug-likeness (QED) is 0.859. The Morgan fingerprint density at radius 2 is 2.05 bits per heavy atom. The van der Waals surface area contributed by atoms with Gasteiger partial charge in [-0.2, -0.15) is 5.10 Å². The second kappa shape index (κ2) is 7.04. The van der Waals surface area contributed by atoms with E-state index < -0.39 is 0 Å². The maximum Gasteiger partial charge on any atom is 0.138 e. The first-order valence-corrected chi connectivity index (χ1v) is 7.86. The van der Waals surface area contributed by atoms with Gasteiger partial charge >= 0.3 is 0 Å². The van der Waals surface area contributed by atoms with Crippen LogP contribution in [0.5, 0.6) is 0 Å². The highest BCUT2D eigenvalue weighted by atomic mass is 15.3. The molecule has 108 valence electrons. The first kappa shape index (κ1) is 14.5. The average Bonchev–Trinajstić information content (AvgIpc) is 2.87. The molecule has 0 aliphatic heterocycles. The molecule has 19 heavy (non-hydrogen) atoms. The molecule has 0 amide bonds. The second-order valence-corrected chi connectivity index (χ2v) is 5.93. The third-order valence-corrected chi connectivity index (χ3v) is 4.61. The molecule has 1 heterocycles. The molecule has 0 spiro atoms. The summed E-state index contributed by atoms with van der Waals surface area (Å²) in [5, 5.41) is 4.22. The number of rotatable bonds is 6. The van der Waals surface area contributed by atoms with Gasteiger partial charge in [-0.25, -0.2) is 4.98 Å². The molecule has 1 aliphatic rings. The molecular weight excluding hydrogens is 236 g/mol. The summed E-state index contributed by atoms with van der Waals surface area (Å²) in [6.45, 7) is 5.26. The molecule has 1 atom stereocenters. The highest BCUT2D eigenvalue weighted by molar-refractivity contribution is 4.92. The Hall–Kier alpha value is -0.900. The zero-order valence-electron chi connectivity index (χ0n) is 12.4. The van der Waals surface area contributed by atoms with Gasteiger partial charge in [0.2, 0.25) is 0 Å². The van der Waals surface area contributed by atoms with E-state index in [9.17, 15) is 0 Å².